The summed E-state index contributed by atoms with van der Waals surface area (Å²) in [6, 6.07) is 6.22. The Morgan fingerprint density at radius 1 is 1.31 bits per heavy atom. The smallest absolute Gasteiger partial charge is 0.122 e. The van der Waals surface area contributed by atoms with Gasteiger partial charge in [0, 0.05) is 19.8 Å². The van der Waals surface area contributed by atoms with E-state index in [1.807, 2.05) is 27.1 Å². The molecule has 0 heterocycles. The second-order valence-corrected chi connectivity index (χ2v) is 3.28. The van der Waals surface area contributed by atoms with Crippen molar-refractivity contribution >= 4 is 5.69 Å². The van der Waals surface area contributed by atoms with Crippen molar-refractivity contribution in [3.63, 3.8) is 0 Å². The molecule has 0 aliphatic heterocycles. The van der Waals surface area contributed by atoms with Crippen LogP contribution in [0, 0.1) is 6.92 Å². The molecule has 0 aliphatic carbocycles. The number of nitrogens with zero attached hydrogens (tertiary/aromatic N) is 1. The van der Waals surface area contributed by atoms with Crippen LogP contribution in [0.2, 0.25) is 0 Å². The van der Waals surface area contributed by atoms with Crippen molar-refractivity contribution in [2.45, 2.75) is 13.8 Å². The summed E-state index contributed by atoms with van der Waals surface area (Å²) < 4.78 is 5.45. The maximum absolute atomic E-state index is 5.45. The van der Waals surface area contributed by atoms with Gasteiger partial charge in [0.2, 0.25) is 0 Å². The number of anilines is 1. The van der Waals surface area contributed by atoms with Crippen LogP contribution < -0.4 is 9.64 Å². The molecule has 0 saturated carbocycles. The van der Waals surface area contributed by atoms with E-state index in [2.05, 4.69) is 24.0 Å². The van der Waals surface area contributed by atoms with Crippen LogP contribution in [0.15, 0.2) is 18.2 Å². The summed E-state index contributed by atoms with van der Waals surface area (Å²) in [5.41, 5.74) is 2.40. The van der Waals surface area contributed by atoms with Gasteiger partial charge in [0.05, 0.1) is 6.61 Å². The second-order valence-electron chi connectivity index (χ2n) is 3.28. The molecule has 0 amide bonds. The summed E-state index contributed by atoms with van der Waals surface area (Å²) in [5.74, 6) is 0.980. The molecular formula is C11H17NO. The summed E-state index contributed by atoms with van der Waals surface area (Å²) in [6.07, 6.45) is 0. The number of hydrogen-bond donors (Lipinski definition) is 0. The van der Waals surface area contributed by atoms with Gasteiger partial charge >= 0.3 is 0 Å². The molecule has 0 bridgehead atoms. The van der Waals surface area contributed by atoms with Gasteiger partial charge in [-0.05, 0) is 37.6 Å². The molecular weight excluding hydrogens is 162 g/mol. The predicted octanol–water partition coefficient (Wildman–Crippen LogP) is 2.46. The number of aryl methyl sites for hydroxylation is 1. The SMILES string of the molecule is CCOc1ccc(N(C)C)cc1C. The molecule has 1 aromatic carbocycles. The largest absolute Gasteiger partial charge is 0.494 e. The topological polar surface area (TPSA) is 12.5 Å². The van der Waals surface area contributed by atoms with E-state index in [0.717, 1.165) is 12.4 Å². The van der Waals surface area contributed by atoms with Crippen LogP contribution in [0.5, 0.6) is 5.75 Å². The molecule has 0 fully saturated rings. The van der Waals surface area contributed by atoms with E-state index in [1.165, 1.54) is 11.3 Å². The normalized spacial score (nSPS) is 9.85. The van der Waals surface area contributed by atoms with Gasteiger partial charge in [0.15, 0.2) is 0 Å². The van der Waals surface area contributed by atoms with E-state index in [1.54, 1.807) is 0 Å². The number of benzene rings is 1. The number of rotatable bonds is 3. The van der Waals surface area contributed by atoms with Crippen LogP contribution in [-0.4, -0.2) is 20.7 Å². The third-order valence-electron chi connectivity index (χ3n) is 1.97. The minimum Gasteiger partial charge on any atom is -0.494 e. The van der Waals surface area contributed by atoms with Gasteiger partial charge in [-0.25, -0.2) is 0 Å². The van der Waals surface area contributed by atoms with Crippen molar-refractivity contribution in [3.8, 4) is 5.75 Å². The summed E-state index contributed by atoms with van der Waals surface area (Å²) >= 11 is 0. The van der Waals surface area contributed by atoms with Crippen LogP contribution in [-0.2, 0) is 0 Å². The lowest BCUT2D eigenvalue weighted by Gasteiger charge is -2.14. The highest BCUT2D eigenvalue weighted by Crippen LogP contribution is 2.22. The fourth-order valence-corrected chi connectivity index (χ4v) is 1.23. The Morgan fingerprint density at radius 2 is 2.00 bits per heavy atom. The third kappa shape index (κ3) is 2.38. The van der Waals surface area contributed by atoms with Crippen LogP contribution in [0.25, 0.3) is 0 Å². The van der Waals surface area contributed by atoms with Crippen molar-refractivity contribution in [2.75, 3.05) is 25.6 Å². The second kappa shape index (κ2) is 4.17. The first-order valence-electron chi connectivity index (χ1n) is 4.56. The lowest BCUT2D eigenvalue weighted by Crippen LogP contribution is -2.08. The highest BCUT2D eigenvalue weighted by Gasteiger charge is 2.00. The van der Waals surface area contributed by atoms with Gasteiger partial charge in [0.25, 0.3) is 0 Å². The maximum Gasteiger partial charge on any atom is 0.122 e. The zero-order valence-electron chi connectivity index (χ0n) is 8.79. The summed E-state index contributed by atoms with van der Waals surface area (Å²) in [5, 5.41) is 0. The first-order valence-corrected chi connectivity index (χ1v) is 4.56. The Morgan fingerprint density at radius 3 is 2.46 bits per heavy atom. The Kier molecular flexibility index (Phi) is 3.18. The Labute approximate surface area is 80.1 Å². The molecule has 72 valence electrons. The predicted molar refractivity (Wildman–Crippen MR) is 56.7 cm³/mol. The first kappa shape index (κ1) is 9.90. The molecule has 2 heteroatoms. The fourth-order valence-electron chi connectivity index (χ4n) is 1.23. The van der Waals surface area contributed by atoms with Gasteiger partial charge in [-0.2, -0.15) is 0 Å². The van der Waals surface area contributed by atoms with Crippen molar-refractivity contribution in [1.82, 2.24) is 0 Å². The Hall–Kier alpha value is -1.18. The molecule has 1 rings (SSSR count). The van der Waals surface area contributed by atoms with E-state index in [-0.39, 0.29) is 0 Å². The van der Waals surface area contributed by atoms with E-state index in [4.69, 9.17) is 4.74 Å². The lowest BCUT2D eigenvalue weighted by molar-refractivity contribution is 0.338. The van der Waals surface area contributed by atoms with Crippen LogP contribution >= 0.6 is 0 Å². The Balaban J connectivity index is 2.92. The quantitative estimate of drug-likeness (QED) is 0.706. The van der Waals surface area contributed by atoms with Crippen molar-refractivity contribution in [2.24, 2.45) is 0 Å². The van der Waals surface area contributed by atoms with Crippen LogP contribution in [0.3, 0.4) is 0 Å². The van der Waals surface area contributed by atoms with Gasteiger partial charge in [-0.1, -0.05) is 0 Å². The standard InChI is InChI=1S/C11H17NO/c1-5-13-11-7-6-10(12(3)4)8-9(11)2/h6-8H,5H2,1-4H3. The monoisotopic (exact) mass is 179 g/mol. The lowest BCUT2D eigenvalue weighted by atomic mass is 10.2. The molecule has 0 atom stereocenters. The highest BCUT2D eigenvalue weighted by atomic mass is 16.5. The van der Waals surface area contributed by atoms with Gasteiger partial charge < -0.3 is 9.64 Å². The summed E-state index contributed by atoms with van der Waals surface area (Å²) in [4.78, 5) is 2.09. The molecule has 0 unspecified atom stereocenters. The molecule has 0 saturated heterocycles. The number of ether oxygens (including phenoxy) is 1. The highest BCUT2D eigenvalue weighted by molar-refractivity contribution is 5.51. The van der Waals surface area contributed by atoms with Gasteiger partial charge in [-0.3, -0.25) is 0 Å². The third-order valence-corrected chi connectivity index (χ3v) is 1.97. The zero-order valence-corrected chi connectivity index (χ0v) is 8.79. The van der Waals surface area contributed by atoms with Crippen molar-refractivity contribution in [1.29, 1.82) is 0 Å². The molecule has 0 spiro atoms. The molecule has 2 nitrogen and oxygen atoms in total. The molecule has 0 N–H and O–H groups in total. The molecule has 0 aliphatic rings. The fraction of sp³-hybridized carbons (Fsp3) is 0.455. The summed E-state index contributed by atoms with van der Waals surface area (Å²) in [6.45, 7) is 4.79. The van der Waals surface area contributed by atoms with E-state index >= 15 is 0 Å². The minimum atomic E-state index is 0.724. The molecule has 1 aromatic rings. The number of hydrogen-bond acceptors (Lipinski definition) is 2. The molecule has 0 aromatic heterocycles. The van der Waals surface area contributed by atoms with Crippen LogP contribution in [0.1, 0.15) is 12.5 Å². The first-order chi connectivity index (χ1) is 6.15. The van der Waals surface area contributed by atoms with E-state index in [9.17, 15) is 0 Å². The molecule has 13 heavy (non-hydrogen) atoms. The summed E-state index contributed by atoms with van der Waals surface area (Å²) in [7, 11) is 4.07. The van der Waals surface area contributed by atoms with E-state index < -0.39 is 0 Å². The zero-order chi connectivity index (χ0) is 9.84. The Bertz CT molecular complexity index is 281. The van der Waals surface area contributed by atoms with Gasteiger partial charge in [0.1, 0.15) is 5.75 Å². The van der Waals surface area contributed by atoms with Crippen LogP contribution in [0.4, 0.5) is 5.69 Å². The minimum absolute atomic E-state index is 0.724. The average Bonchev–Trinajstić information content (AvgIpc) is 2.08. The van der Waals surface area contributed by atoms with Gasteiger partial charge in [-0.15, -0.1) is 0 Å². The molecule has 0 radical (unpaired) electrons. The maximum atomic E-state index is 5.45. The van der Waals surface area contributed by atoms with E-state index in [0.29, 0.717) is 0 Å². The average molecular weight is 179 g/mol. The van der Waals surface area contributed by atoms with Crippen molar-refractivity contribution in [3.05, 3.63) is 23.8 Å². The van der Waals surface area contributed by atoms with Crippen molar-refractivity contribution < 1.29 is 4.74 Å².